The van der Waals surface area contributed by atoms with Gasteiger partial charge >= 0.3 is 5.97 Å². The molecule has 104 valence electrons. The average Bonchev–Trinajstić information content (AvgIpc) is 2.46. The molecule has 3 nitrogen and oxygen atoms in total. The molecule has 0 fully saturated rings. The van der Waals surface area contributed by atoms with E-state index in [0.717, 1.165) is 0 Å². The fraction of sp³-hybridized carbons (Fsp3) is 0.235. The minimum atomic E-state index is -0.413. The summed E-state index contributed by atoms with van der Waals surface area (Å²) >= 11 is 0. The summed E-state index contributed by atoms with van der Waals surface area (Å²) in [6.07, 6.45) is 0. The number of hydrogen-bond acceptors (Lipinski definition) is 3. The molecule has 0 amide bonds. The van der Waals surface area contributed by atoms with Gasteiger partial charge in [0.1, 0.15) is 11.5 Å². The highest BCUT2D eigenvalue weighted by molar-refractivity contribution is 5.73. The van der Waals surface area contributed by atoms with Gasteiger partial charge in [-0.05, 0) is 35.7 Å². The van der Waals surface area contributed by atoms with Gasteiger partial charge < -0.3 is 9.47 Å². The van der Waals surface area contributed by atoms with Crippen molar-refractivity contribution in [3.05, 3.63) is 60.2 Å². The van der Waals surface area contributed by atoms with Crippen LogP contribution < -0.4 is 9.47 Å². The van der Waals surface area contributed by atoms with E-state index >= 15 is 0 Å². The Bertz CT molecular complexity index is 544. The van der Waals surface area contributed by atoms with Crippen LogP contribution in [0.4, 0.5) is 0 Å². The van der Waals surface area contributed by atoms with Crippen molar-refractivity contribution in [1.29, 1.82) is 0 Å². The molecule has 0 saturated heterocycles. The van der Waals surface area contributed by atoms with Crippen molar-refractivity contribution in [2.24, 2.45) is 0 Å². The molecule has 0 aromatic heterocycles. The van der Waals surface area contributed by atoms with Gasteiger partial charge in [-0.25, -0.2) is 4.79 Å². The van der Waals surface area contributed by atoms with Gasteiger partial charge in [-0.2, -0.15) is 0 Å². The quantitative estimate of drug-likeness (QED) is 0.612. The van der Waals surface area contributed by atoms with E-state index in [4.69, 9.17) is 9.47 Å². The van der Waals surface area contributed by atoms with Crippen molar-refractivity contribution in [3.63, 3.8) is 0 Å². The van der Waals surface area contributed by atoms with Gasteiger partial charge in [-0.1, -0.05) is 44.2 Å². The molecule has 0 heterocycles. The Kier molecular flexibility index (Phi) is 4.77. The third kappa shape index (κ3) is 4.12. The lowest BCUT2D eigenvalue weighted by Crippen LogP contribution is -2.17. The Balaban J connectivity index is 1.84. The predicted molar refractivity (Wildman–Crippen MR) is 78.1 cm³/mol. The average molecular weight is 270 g/mol. The zero-order valence-corrected chi connectivity index (χ0v) is 11.7. The maximum absolute atomic E-state index is 11.6. The van der Waals surface area contributed by atoms with Gasteiger partial charge in [-0.15, -0.1) is 0 Å². The number of hydrogen-bond donors (Lipinski definition) is 0. The summed E-state index contributed by atoms with van der Waals surface area (Å²) in [6, 6.07) is 16.7. The molecule has 0 spiro atoms. The Morgan fingerprint density at radius 3 is 2.20 bits per heavy atom. The van der Waals surface area contributed by atoms with E-state index < -0.39 is 5.97 Å². The monoisotopic (exact) mass is 270 g/mol. The fourth-order valence-corrected chi connectivity index (χ4v) is 1.74. The van der Waals surface area contributed by atoms with Gasteiger partial charge in [0.25, 0.3) is 0 Å². The number of carbonyl (C=O) groups excluding carboxylic acids is 1. The minimum absolute atomic E-state index is 0.101. The second-order valence-corrected chi connectivity index (χ2v) is 4.80. The van der Waals surface area contributed by atoms with Crippen molar-refractivity contribution in [2.75, 3.05) is 6.61 Å². The zero-order chi connectivity index (χ0) is 14.4. The Labute approximate surface area is 119 Å². The van der Waals surface area contributed by atoms with Gasteiger partial charge in [0.2, 0.25) is 0 Å². The second kappa shape index (κ2) is 6.75. The highest BCUT2D eigenvalue weighted by atomic mass is 16.6. The smallest absolute Gasteiger partial charge is 0.349 e. The van der Waals surface area contributed by atoms with Crippen LogP contribution in [0.15, 0.2) is 54.6 Å². The number of ether oxygens (including phenoxy) is 2. The maximum atomic E-state index is 11.6. The van der Waals surface area contributed by atoms with Crippen LogP contribution in [0.5, 0.6) is 11.5 Å². The van der Waals surface area contributed by atoms with Gasteiger partial charge in [-0.3, -0.25) is 0 Å². The maximum Gasteiger partial charge on any atom is 0.349 e. The molecule has 0 aliphatic heterocycles. The lowest BCUT2D eigenvalue weighted by Gasteiger charge is -2.09. The van der Waals surface area contributed by atoms with Crippen molar-refractivity contribution < 1.29 is 14.3 Å². The van der Waals surface area contributed by atoms with Crippen molar-refractivity contribution >= 4 is 5.97 Å². The second-order valence-electron chi connectivity index (χ2n) is 4.80. The first-order chi connectivity index (χ1) is 9.65. The van der Waals surface area contributed by atoms with E-state index in [9.17, 15) is 4.79 Å². The summed E-state index contributed by atoms with van der Waals surface area (Å²) in [6.45, 7) is 4.16. The molecule has 3 heteroatoms. The highest BCUT2D eigenvalue weighted by Gasteiger charge is 2.06. The van der Waals surface area contributed by atoms with Crippen LogP contribution in [0.3, 0.4) is 0 Å². The standard InChI is InChI=1S/C17H18O3/c1-13(2)14-8-10-15(11-9-14)19-12-17(18)20-16-6-4-3-5-7-16/h3-11,13H,12H2,1-2H3. The van der Waals surface area contributed by atoms with Crippen LogP contribution in [-0.2, 0) is 4.79 Å². The van der Waals surface area contributed by atoms with E-state index in [2.05, 4.69) is 13.8 Å². The number of benzene rings is 2. The number of rotatable bonds is 5. The van der Waals surface area contributed by atoms with Crippen molar-refractivity contribution in [1.82, 2.24) is 0 Å². The van der Waals surface area contributed by atoms with E-state index in [1.54, 1.807) is 12.1 Å². The summed E-state index contributed by atoms with van der Waals surface area (Å²) in [5.41, 5.74) is 1.24. The highest BCUT2D eigenvalue weighted by Crippen LogP contribution is 2.18. The fourth-order valence-electron chi connectivity index (χ4n) is 1.74. The van der Waals surface area contributed by atoms with Crippen LogP contribution >= 0.6 is 0 Å². The molecule has 0 saturated carbocycles. The van der Waals surface area contributed by atoms with E-state index in [1.807, 2.05) is 42.5 Å². The molecule has 20 heavy (non-hydrogen) atoms. The van der Waals surface area contributed by atoms with Crippen LogP contribution in [0.25, 0.3) is 0 Å². The van der Waals surface area contributed by atoms with E-state index in [1.165, 1.54) is 5.56 Å². The Morgan fingerprint density at radius 1 is 0.950 bits per heavy atom. The first kappa shape index (κ1) is 14.1. The molecule has 0 bridgehead atoms. The first-order valence-electron chi connectivity index (χ1n) is 6.63. The Hall–Kier alpha value is -2.29. The summed E-state index contributed by atoms with van der Waals surface area (Å²) in [7, 11) is 0. The SMILES string of the molecule is CC(C)c1ccc(OCC(=O)Oc2ccccc2)cc1. The van der Waals surface area contributed by atoms with Crippen molar-refractivity contribution in [3.8, 4) is 11.5 Å². The van der Waals surface area contributed by atoms with Crippen LogP contribution in [0.1, 0.15) is 25.3 Å². The van der Waals surface area contributed by atoms with Crippen molar-refractivity contribution in [2.45, 2.75) is 19.8 Å². The van der Waals surface area contributed by atoms with Gasteiger partial charge in [0.15, 0.2) is 6.61 Å². The molecule has 0 radical (unpaired) electrons. The third-order valence-corrected chi connectivity index (χ3v) is 2.88. The molecule has 0 aliphatic rings. The lowest BCUT2D eigenvalue weighted by molar-refractivity contribution is -0.136. The topological polar surface area (TPSA) is 35.5 Å². The molecule has 0 atom stereocenters. The minimum Gasteiger partial charge on any atom is -0.482 e. The largest absolute Gasteiger partial charge is 0.482 e. The van der Waals surface area contributed by atoms with Crippen LogP contribution in [0.2, 0.25) is 0 Å². The number of esters is 1. The molecular formula is C17H18O3. The Morgan fingerprint density at radius 2 is 1.60 bits per heavy atom. The molecule has 0 N–H and O–H groups in total. The zero-order valence-electron chi connectivity index (χ0n) is 11.7. The summed E-state index contributed by atoms with van der Waals surface area (Å²) in [5.74, 6) is 1.26. The molecule has 2 aromatic rings. The van der Waals surface area contributed by atoms with Gasteiger partial charge in [0, 0.05) is 0 Å². The molecule has 0 aliphatic carbocycles. The van der Waals surface area contributed by atoms with E-state index in [0.29, 0.717) is 17.4 Å². The summed E-state index contributed by atoms with van der Waals surface area (Å²) in [5, 5.41) is 0. The van der Waals surface area contributed by atoms with Gasteiger partial charge in [0.05, 0.1) is 0 Å². The third-order valence-electron chi connectivity index (χ3n) is 2.88. The lowest BCUT2D eigenvalue weighted by atomic mass is 10.0. The van der Waals surface area contributed by atoms with Crippen LogP contribution in [-0.4, -0.2) is 12.6 Å². The van der Waals surface area contributed by atoms with Crippen LogP contribution in [0, 0.1) is 0 Å². The molecule has 2 aromatic carbocycles. The number of para-hydroxylation sites is 1. The predicted octanol–water partition coefficient (Wildman–Crippen LogP) is 3.79. The molecular weight excluding hydrogens is 252 g/mol. The molecule has 0 unspecified atom stereocenters. The summed E-state index contributed by atoms with van der Waals surface area (Å²) in [4.78, 5) is 11.6. The first-order valence-corrected chi connectivity index (χ1v) is 6.63. The summed E-state index contributed by atoms with van der Waals surface area (Å²) < 4.78 is 10.5. The molecule has 2 rings (SSSR count). The van der Waals surface area contributed by atoms with E-state index in [-0.39, 0.29) is 6.61 Å². The normalized spacial score (nSPS) is 10.3. The number of carbonyl (C=O) groups is 1.